The zero-order chi connectivity index (χ0) is 14.5. The quantitative estimate of drug-likeness (QED) is 0.690. The minimum absolute atomic E-state index is 0.364. The highest BCUT2D eigenvalue weighted by atomic mass is 16.7. The summed E-state index contributed by atoms with van der Waals surface area (Å²) < 4.78 is 22.6. The van der Waals surface area contributed by atoms with Crippen LogP contribution in [0.5, 0.6) is 0 Å². The van der Waals surface area contributed by atoms with E-state index in [1.807, 2.05) is 50.4 Å². The van der Waals surface area contributed by atoms with Crippen molar-refractivity contribution in [2.75, 3.05) is 54.6 Å². The first-order chi connectivity index (χ1) is 9.58. The molecule has 2 aliphatic heterocycles. The second-order valence-electron chi connectivity index (χ2n) is 5.24. The second kappa shape index (κ2) is 7.08. The zero-order valence-corrected chi connectivity index (χ0v) is 12.7. The van der Waals surface area contributed by atoms with Crippen LogP contribution >= 0.6 is 0 Å². The molecule has 6 nitrogen and oxygen atoms in total. The highest BCUT2D eigenvalue weighted by molar-refractivity contribution is 5.35. The van der Waals surface area contributed by atoms with Gasteiger partial charge < -0.3 is 28.7 Å². The average Bonchev–Trinajstić information content (AvgIpc) is 3.04. The molecule has 0 aromatic rings. The fraction of sp³-hybridized carbons (Fsp3) is 0.714. The molecule has 0 bridgehead atoms. The van der Waals surface area contributed by atoms with Crippen molar-refractivity contribution >= 4 is 0 Å². The highest BCUT2D eigenvalue weighted by Crippen LogP contribution is 2.28. The Morgan fingerprint density at radius 1 is 0.700 bits per heavy atom. The molecule has 0 spiro atoms. The van der Waals surface area contributed by atoms with Gasteiger partial charge in [0.25, 0.3) is 0 Å². The third-order valence-corrected chi connectivity index (χ3v) is 2.88. The molecule has 0 unspecified atom stereocenters. The van der Waals surface area contributed by atoms with Gasteiger partial charge in [-0.05, 0) is 0 Å². The molecule has 0 aliphatic carbocycles. The summed E-state index contributed by atoms with van der Waals surface area (Å²) in [6, 6.07) is 0. The summed E-state index contributed by atoms with van der Waals surface area (Å²) in [5.74, 6) is 0. The summed E-state index contributed by atoms with van der Waals surface area (Å²) in [5, 5.41) is 0. The lowest BCUT2D eigenvalue weighted by Crippen LogP contribution is -2.25. The largest absolute Gasteiger partial charge is 0.383 e. The van der Waals surface area contributed by atoms with E-state index < -0.39 is 0 Å². The third kappa shape index (κ3) is 3.96. The highest BCUT2D eigenvalue weighted by Gasteiger charge is 2.31. The zero-order valence-electron chi connectivity index (χ0n) is 12.7. The normalized spacial score (nSPS) is 22.6. The molecule has 6 heteroatoms. The van der Waals surface area contributed by atoms with E-state index in [9.17, 15) is 0 Å². The van der Waals surface area contributed by atoms with Crippen molar-refractivity contribution in [3.63, 3.8) is 0 Å². The summed E-state index contributed by atoms with van der Waals surface area (Å²) in [7, 11) is 7.88. The number of hydrogen-bond acceptors (Lipinski definition) is 6. The number of ether oxygens (including phenoxy) is 4. The molecular weight excluding hydrogens is 260 g/mol. The van der Waals surface area contributed by atoms with Gasteiger partial charge in [0.05, 0.1) is 26.4 Å². The molecule has 0 atom stereocenters. The maximum Gasteiger partial charge on any atom is 0.185 e. The first-order valence-electron chi connectivity index (χ1n) is 6.81. The summed E-state index contributed by atoms with van der Waals surface area (Å²) in [5.41, 5.74) is 1.88. The fourth-order valence-electron chi connectivity index (χ4n) is 2.18. The topological polar surface area (TPSA) is 43.4 Å². The smallest absolute Gasteiger partial charge is 0.185 e. The first kappa shape index (κ1) is 15.3. The van der Waals surface area contributed by atoms with Crippen molar-refractivity contribution in [2.24, 2.45) is 0 Å². The van der Waals surface area contributed by atoms with E-state index in [2.05, 4.69) is 0 Å². The Bertz CT molecular complexity index is 331. The molecular formula is C14H24N2O4. The molecule has 0 radical (unpaired) electrons. The molecule has 2 saturated heterocycles. The SMILES string of the molecule is CN(C)/C=C(/C(=C/N(C)C)C1OCCO1)C1OCCO1. The van der Waals surface area contributed by atoms with E-state index in [0.717, 1.165) is 11.1 Å². The van der Waals surface area contributed by atoms with Crippen LogP contribution in [0.3, 0.4) is 0 Å². The molecule has 0 saturated carbocycles. The minimum atomic E-state index is -0.364. The molecule has 2 heterocycles. The second-order valence-corrected chi connectivity index (χ2v) is 5.24. The van der Waals surface area contributed by atoms with Crippen LogP contribution in [0.2, 0.25) is 0 Å². The Hall–Kier alpha value is -1.08. The summed E-state index contributed by atoms with van der Waals surface area (Å²) in [6.07, 6.45) is 3.26. The van der Waals surface area contributed by atoms with E-state index in [-0.39, 0.29) is 12.6 Å². The van der Waals surface area contributed by atoms with Gasteiger partial charge in [0.2, 0.25) is 0 Å². The summed E-state index contributed by atoms with van der Waals surface area (Å²) in [6.45, 7) is 2.43. The molecule has 0 N–H and O–H groups in total. The standard InChI is InChI=1S/C14H24N2O4/c1-15(2)9-11(13-17-5-6-18-13)12(10-16(3)4)14-19-7-8-20-14/h9-10,13-14H,5-8H2,1-4H3/b11-9-,12-10-. The minimum Gasteiger partial charge on any atom is -0.383 e. The van der Waals surface area contributed by atoms with Crippen LogP contribution < -0.4 is 0 Å². The Labute approximate surface area is 120 Å². The van der Waals surface area contributed by atoms with Crippen molar-refractivity contribution in [2.45, 2.75) is 12.6 Å². The van der Waals surface area contributed by atoms with Gasteiger partial charge in [-0.1, -0.05) is 0 Å². The molecule has 114 valence electrons. The monoisotopic (exact) mass is 284 g/mol. The number of rotatable bonds is 5. The van der Waals surface area contributed by atoms with Crippen molar-refractivity contribution in [1.82, 2.24) is 9.80 Å². The molecule has 0 amide bonds. The van der Waals surface area contributed by atoms with Gasteiger partial charge in [-0.25, -0.2) is 0 Å². The maximum absolute atomic E-state index is 5.65. The van der Waals surface area contributed by atoms with Gasteiger partial charge in [-0.15, -0.1) is 0 Å². The van der Waals surface area contributed by atoms with Gasteiger partial charge in [0.1, 0.15) is 0 Å². The Balaban J connectivity index is 2.29. The molecule has 0 aromatic heterocycles. The molecule has 2 fully saturated rings. The van der Waals surface area contributed by atoms with Crippen LogP contribution in [0, 0.1) is 0 Å². The van der Waals surface area contributed by atoms with Gasteiger partial charge >= 0.3 is 0 Å². The molecule has 2 aliphatic rings. The number of hydrogen-bond donors (Lipinski definition) is 0. The van der Waals surface area contributed by atoms with Gasteiger partial charge in [0, 0.05) is 51.7 Å². The van der Waals surface area contributed by atoms with Crippen molar-refractivity contribution < 1.29 is 18.9 Å². The number of nitrogens with zero attached hydrogens (tertiary/aromatic N) is 2. The van der Waals surface area contributed by atoms with Crippen LogP contribution in [0.4, 0.5) is 0 Å². The fourth-order valence-corrected chi connectivity index (χ4v) is 2.18. The third-order valence-electron chi connectivity index (χ3n) is 2.88. The Morgan fingerprint density at radius 2 is 1.00 bits per heavy atom. The lowest BCUT2D eigenvalue weighted by atomic mass is 10.1. The van der Waals surface area contributed by atoms with Gasteiger partial charge in [-0.2, -0.15) is 0 Å². The van der Waals surface area contributed by atoms with Crippen LogP contribution in [0.1, 0.15) is 0 Å². The van der Waals surface area contributed by atoms with Gasteiger partial charge in [0.15, 0.2) is 12.6 Å². The van der Waals surface area contributed by atoms with Crippen molar-refractivity contribution in [3.05, 3.63) is 23.5 Å². The molecule has 20 heavy (non-hydrogen) atoms. The Morgan fingerprint density at radius 3 is 1.25 bits per heavy atom. The van der Waals surface area contributed by atoms with Crippen LogP contribution in [0.25, 0.3) is 0 Å². The maximum atomic E-state index is 5.65. The summed E-state index contributed by atoms with van der Waals surface area (Å²) in [4.78, 5) is 3.94. The van der Waals surface area contributed by atoms with E-state index in [1.165, 1.54) is 0 Å². The van der Waals surface area contributed by atoms with Crippen LogP contribution in [-0.2, 0) is 18.9 Å². The summed E-state index contributed by atoms with van der Waals surface area (Å²) >= 11 is 0. The van der Waals surface area contributed by atoms with Gasteiger partial charge in [-0.3, -0.25) is 0 Å². The van der Waals surface area contributed by atoms with E-state index in [1.54, 1.807) is 0 Å². The van der Waals surface area contributed by atoms with E-state index >= 15 is 0 Å². The average molecular weight is 284 g/mol. The lowest BCUT2D eigenvalue weighted by Gasteiger charge is -2.24. The Kier molecular flexibility index (Phi) is 5.42. The molecule has 2 rings (SSSR count). The van der Waals surface area contributed by atoms with E-state index in [0.29, 0.717) is 26.4 Å². The van der Waals surface area contributed by atoms with Crippen molar-refractivity contribution in [1.29, 1.82) is 0 Å². The molecule has 0 aromatic carbocycles. The lowest BCUT2D eigenvalue weighted by molar-refractivity contribution is -0.0328. The van der Waals surface area contributed by atoms with Crippen molar-refractivity contribution in [3.8, 4) is 0 Å². The van der Waals surface area contributed by atoms with Crippen LogP contribution in [0.15, 0.2) is 23.5 Å². The predicted octanol–water partition coefficient (Wildman–Crippen LogP) is 0.623. The predicted molar refractivity (Wildman–Crippen MR) is 74.9 cm³/mol. The van der Waals surface area contributed by atoms with Crippen LogP contribution in [-0.4, -0.2) is 77.0 Å². The first-order valence-corrected chi connectivity index (χ1v) is 6.81. The van der Waals surface area contributed by atoms with E-state index in [4.69, 9.17) is 18.9 Å².